The molecule has 0 saturated heterocycles. The van der Waals surface area contributed by atoms with Gasteiger partial charge in [0.1, 0.15) is 5.75 Å². The molecule has 6 heteroatoms. The fourth-order valence-corrected chi connectivity index (χ4v) is 3.63. The Bertz CT molecular complexity index is 1100. The number of amides is 1. The Morgan fingerprint density at radius 3 is 2.89 bits per heavy atom. The highest BCUT2D eigenvalue weighted by molar-refractivity contribution is 7.99. The summed E-state index contributed by atoms with van der Waals surface area (Å²) in [6, 6.07) is 19.6. The summed E-state index contributed by atoms with van der Waals surface area (Å²) in [5.41, 5.74) is 2.58. The van der Waals surface area contributed by atoms with Crippen LogP contribution in [0.1, 0.15) is 6.92 Å². The number of carbonyl (C=O) groups excluding carboxylic acids is 1. The first-order chi connectivity index (χ1) is 13.2. The summed E-state index contributed by atoms with van der Waals surface area (Å²) in [4.78, 5) is 20.1. The number of imidazole rings is 1. The number of nitrogens with zero attached hydrogens (tertiary/aromatic N) is 1. The Morgan fingerprint density at radius 2 is 2.00 bits per heavy atom. The van der Waals surface area contributed by atoms with Crippen LogP contribution in [0.3, 0.4) is 0 Å². The van der Waals surface area contributed by atoms with Gasteiger partial charge in [0.25, 0.3) is 0 Å². The maximum atomic E-state index is 12.4. The van der Waals surface area contributed by atoms with E-state index in [2.05, 4.69) is 15.3 Å². The van der Waals surface area contributed by atoms with E-state index in [-0.39, 0.29) is 11.7 Å². The van der Waals surface area contributed by atoms with Crippen LogP contribution in [-0.2, 0) is 4.79 Å². The van der Waals surface area contributed by atoms with E-state index in [0.29, 0.717) is 11.8 Å². The second kappa shape index (κ2) is 7.72. The Morgan fingerprint density at radius 1 is 1.15 bits per heavy atom. The van der Waals surface area contributed by atoms with E-state index in [1.165, 1.54) is 11.8 Å². The van der Waals surface area contributed by atoms with E-state index < -0.39 is 0 Å². The summed E-state index contributed by atoms with van der Waals surface area (Å²) >= 11 is 1.38. The number of fused-ring (bicyclic) bond motifs is 2. The number of nitrogens with one attached hydrogen (secondary N) is 2. The van der Waals surface area contributed by atoms with Crippen molar-refractivity contribution >= 4 is 45.2 Å². The number of ether oxygens (including phenoxy) is 1. The van der Waals surface area contributed by atoms with Gasteiger partial charge in [-0.3, -0.25) is 4.79 Å². The van der Waals surface area contributed by atoms with Crippen LogP contribution < -0.4 is 10.1 Å². The van der Waals surface area contributed by atoms with Gasteiger partial charge in [0.05, 0.1) is 23.4 Å². The molecule has 0 aliphatic rings. The molecule has 2 N–H and O–H groups in total. The molecule has 0 fully saturated rings. The minimum Gasteiger partial charge on any atom is -0.494 e. The second-order valence-corrected chi connectivity index (χ2v) is 6.98. The van der Waals surface area contributed by atoms with E-state index in [1.807, 2.05) is 67.6 Å². The van der Waals surface area contributed by atoms with Crippen molar-refractivity contribution in [2.24, 2.45) is 0 Å². The van der Waals surface area contributed by atoms with Gasteiger partial charge in [0, 0.05) is 17.1 Å². The van der Waals surface area contributed by atoms with Crippen LogP contribution in [0.2, 0.25) is 0 Å². The summed E-state index contributed by atoms with van der Waals surface area (Å²) in [5, 5.41) is 5.84. The number of thioether (sulfide) groups is 1. The van der Waals surface area contributed by atoms with Crippen LogP contribution >= 0.6 is 11.8 Å². The average Bonchev–Trinajstić information content (AvgIpc) is 3.09. The van der Waals surface area contributed by atoms with Gasteiger partial charge in [0.2, 0.25) is 5.91 Å². The van der Waals surface area contributed by atoms with Crippen molar-refractivity contribution in [3.05, 3.63) is 60.7 Å². The van der Waals surface area contributed by atoms with Crippen LogP contribution in [-0.4, -0.2) is 28.2 Å². The lowest BCUT2D eigenvalue weighted by Gasteiger charge is -2.08. The lowest BCUT2D eigenvalue weighted by atomic mass is 10.1. The number of H-pyrrole nitrogens is 1. The average molecular weight is 377 g/mol. The number of carbonyl (C=O) groups is 1. The zero-order chi connectivity index (χ0) is 18.6. The van der Waals surface area contributed by atoms with Gasteiger partial charge in [-0.25, -0.2) is 4.98 Å². The van der Waals surface area contributed by atoms with E-state index >= 15 is 0 Å². The SMILES string of the molecule is CCOc1ccc2nc(SCC(=O)Nc3cccc4ccccc34)[nH]c2c1. The van der Waals surface area contributed by atoms with Gasteiger partial charge >= 0.3 is 0 Å². The smallest absolute Gasteiger partial charge is 0.234 e. The number of rotatable bonds is 6. The lowest BCUT2D eigenvalue weighted by Crippen LogP contribution is -2.14. The Kier molecular flexibility index (Phi) is 4.98. The van der Waals surface area contributed by atoms with Gasteiger partial charge in [-0.2, -0.15) is 0 Å². The summed E-state index contributed by atoms with van der Waals surface area (Å²) in [6.45, 7) is 2.57. The fraction of sp³-hybridized carbons (Fsp3) is 0.143. The topological polar surface area (TPSA) is 67.0 Å². The minimum absolute atomic E-state index is 0.0631. The first-order valence-corrected chi connectivity index (χ1v) is 9.74. The van der Waals surface area contributed by atoms with Crippen molar-refractivity contribution < 1.29 is 9.53 Å². The Balaban J connectivity index is 1.43. The standard InChI is InChI=1S/C21H19N3O2S/c1-2-26-15-10-11-18-19(12-15)24-21(23-18)27-13-20(25)22-17-9-5-7-14-6-3-4-8-16(14)17/h3-12H,2,13H2,1H3,(H,22,25)(H,23,24). The van der Waals surface area contributed by atoms with E-state index in [1.54, 1.807) is 0 Å². The molecule has 1 aromatic heterocycles. The Hall–Kier alpha value is -2.99. The molecule has 0 aliphatic heterocycles. The second-order valence-electron chi connectivity index (χ2n) is 6.02. The molecule has 27 heavy (non-hydrogen) atoms. The van der Waals surface area contributed by atoms with Gasteiger partial charge in [0.15, 0.2) is 5.16 Å². The first-order valence-electron chi connectivity index (χ1n) is 8.76. The first kappa shape index (κ1) is 17.4. The van der Waals surface area contributed by atoms with Crippen molar-refractivity contribution in [1.29, 1.82) is 0 Å². The minimum atomic E-state index is -0.0631. The molecule has 0 atom stereocenters. The van der Waals surface area contributed by atoms with Crippen molar-refractivity contribution in [3.63, 3.8) is 0 Å². The molecule has 0 bridgehead atoms. The van der Waals surface area contributed by atoms with Crippen LogP contribution in [0.15, 0.2) is 65.8 Å². The molecule has 3 aromatic carbocycles. The summed E-state index contributed by atoms with van der Waals surface area (Å²) in [6.07, 6.45) is 0. The number of aromatic nitrogens is 2. The largest absolute Gasteiger partial charge is 0.494 e. The van der Waals surface area contributed by atoms with Crippen LogP contribution in [0.4, 0.5) is 5.69 Å². The predicted molar refractivity (Wildman–Crippen MR) is 111 cm³/mol. The van der Waals surface area contributed by atoms with Crippen LogP contribution in [0.25, 0.3) is 21.8 Å². The third-order valence-electron chi connectivity index (χ3n) is 4.15. The summed E-state index contributed by atoms with van der Waals surface area (Å²) < 4.78 is 5.50. The predicted octanol–water partition coefficient (Wildman–Crippen LogP) is 4.85. The van der Waals surface area contributed by atoms with Crippen LogP contribution in [0, 0.1) is 0 Å². The quantitative estimate of drug-likeness (QED) is 0.472. The molecule has 0 radical (unpaired) electrons. The van der Waals surface area contributed by atoms with Gasteiger partial charge in [-0.05, 0) is 30.5 Å². The number of aromatic amines is 1. The van der Waals surface area contributed by atoms with Gasteiger partial charge < -0.3 is 15.0 Å². The molecule has 1 amide bonds. The number of hydrogen-bond acceptors (Lipinski definition) is 4. The highest BCUT2D eigenvalue weighted by Crippen LogP contribution is 2.25. The molecule has 0 spiro atoms. The molecule has 1 heterocycles. The number of hydrogen-bond donors (Lipinski definition) is 2. The van der Waals surface area contributed by atoms with E-state index in [0.717, 1.165) is 33.2 Å². The normalized spacial score (nSPS) is 11.0. The van der Waals surface area contributed by atoms with Gasteiger partial charge in [-0.1, -0.05) is 48.2 Å². The molecule has 0 saturated carbocycles. The molecule has 0 unspecified atom stereocenters. The monoisotopic (exact) mass is 377 g/mol. The zero-order valence-corrected chi connectivity index (χ0v) is 15.7. The van der Waals surface area contributed by atoms with Gasteiger partial charge in [-0.15, -0.1) is 0 Å². The lowest BCUT2D eigenvalue weighted by molar-refractivity contribution is -0.113. The van der Waals surface area contributed by atoms with Crippen LogP contribution in [0.5, 0.6) is 5.75 Å². The van der Waals surface area contributed by atoms with E-state index in [9.17, 15) is 4.79 Å². The molecule has 0 aliphatic carbocycles. The highest BCUT2D eigenvalue weighted by Gasteiger charge is 2.09. The summed E-state index contributed by atoms with van der Waals surface area (Å²) in [7, 11) is 0. The summed E-state index contributed by atoms with van der Waals surface area (Å²) in [5.74, 6) is 1.02. The molecular formula is C21H19N3O2S. The third-order valence-corrected chi connectivity index (χ3v) is 5.02. The molecule has 4 rings (SSSR count). The van der Waals surface area contributed by atoms with Crippen molar-refractivity contribution in [2.45, 2.75) is 12.1 Å². The molecular weight excluding hydrogens is 358 g/mol. The maximum Gasteiger partial charge on any atom is 0.234 e. The fourth-order valence-electron chi connectivity index (χ4n) is 2.94. The van der Waals surface area contributed by atoms with Crippen molar-refractivity contribution in [2.75, 3.05) is 17.7 Å². The highest BCUT2D eigenvalue weighted by atomic mass is 32.2. The van der Waals surface area contributed by atoms with Crippen molar-refractivity contribution in [3.8, 4) is 5.75 Å². The number of anilines is 1. The van der Waals surface area contributed by atoms with E-state index in [4.69, 9.17) is 4.74 Å². The molecule has 4 aromatic rings. The molecule has 5 nitrogen and oxygen atoms in total. The zero-order valence-electron chi connectivity index (χ0n) is 14.9. The Labute approximate surface area is 161 Å². The molecule has 136 valence electrons. The van der Waals surface area contributed by atoms with Crippen molar-refractivity contribution in [1.82, 2.24) is 9.97 Å². The number of benzene rings is 3. The maximum absolute atomic E-state index is 12.4. The third kappa shape index (κ3) is 3.90.